The first kappa shape index (κ1) is 35.1. The summed E-state index contributed by atoms with van der Waals surface area (Å²) in [5, 5.41) is 0.0335. The number of hydrogen-bond donors (Lipinski definition) is 0. The number of halogens is 6. The number of ether oxygens (including phenoxy) is 3. The Morgan fingerprint density at radius 2 is 1.03 bits per heavy atom. The molecule has 1 unspecified atom stereocenters. The van der Waals surface area contributed by atoms with Crippen LogP contribution < -0.4 is 38.4 Å². The fourth-order valence-electron chi connectivity index (χ4n) is 3.37. The van der Waals surface area contributed by atoms with Crippen LogP contribution >= 0.6 is 8.58 Å². The van der Waals surface area contributed by atoms with Crippen molar-refractivity contribution >= 4 is 19.4 Å². The van der Waals surface area contributed by atoms with E-state index >= 15 is 0 Å². The molecule has 39 heavy (non-hydrogen) atoms. The van der Waals surface area contributed by atoms with E-state index < -0.39 is 60.0 Å². The zero-order chi connectivity index (χ0) is 29.5. The number of rotatable bonds is 6. The molecule has 1 atom stereocenters. The van der Waals surface area contributed by atoms with Gasteiger partial charge < -0.3 is 14.2 Å². The molecule has 0 aromatic heterocycles. The standard InChI is InChI=1S/C27H33F6O4P.Li/c1-23(2,3)35-15-13-18(36-24(4,5)6)21(19(14-15)37-25(7,8)9)38-22(34)20-16(26(28,29)30)11-10-12-17(20)27(31,32)33;/h10-14,38H,1-9H3;/q;+1. The molecule has 0 N–H and O–H groups in total. The summed E-state index contributed by atoms with van der Waals surface area (Å²) in [6.45, 7) is 15.7. The summed E-state index contributed by atoms with van der Waals surface area (Å²) in [5.74, 6) is 0.412. The van der Waals surface area contributed by atoms with Gasteiger partial charge in [0.15, 0.2) is 5.52 Å². The maximum atomic E-state index is 13.7. The van der Waals surface area contributed by atoms with Crippen molar-refractivity contribution in [3.05, 3.63) is 47.0 Å². The van der Waals surface area contributed by atoms with Crippen LogP contribution in [-0.4, -0.2) is 22.3 Å². The molecule has 0 heterocycles. The van der Waals surface area contributed by atoms with Gasteiger partial charge in [-0.05, 0) is 83.0 Å². The molecule has 0 amide bonds. The first-order valence-electron chi connectivity index (χ1n) is 11.7. The number of hydrogen-bond acceptors (Lipinski definition) is 4. The molecule has 0 spiro atoms. The normalized spacial score (nSPS) is 13.3. The van der Waals surface area contributed by atoms with Crippen molar-refractivity contribution < 1.29 is 64.2 Å². The first-order valence-corrected chi connectivity index (χ1v) is 12.7. The largest absolute Gasteiger partial charge is 1.00 e. The number of carbonyl (C=O) groups is 1. The average Bonchev–Trinajstić information content (AvgIpc) is 2.64. The monoisotopic (exact) mass is 573 g/mol. The van der Waals surface area contributed by atoms with E-state index in [2.05, 4.69) is 0 Å². The Labute approximate surface area is 239 Å². The van der Waals surface area contributed by atoms with Crippen LogP contribution in [0.15, 0.2) is 30.3 Å². The maximum absolute atomic E-state index is 13.7. The van der Waals surface area contributed by atoms with Crippen molar-refractivity contribution in [3.63, 3.8) is 0 Å². The van der Waals surface area contributed by atoms with Crippen LogP contribution in [0.4, 0.5) is 26.3 Å². The molecule has 0 fully saturated rings. The third-order valence-electron chi connectivity index (χ3n) is 4.44. The second kappa shape index (κ2) is 11.9. The summed E-state index contributed by atoms with van der Waals surface area (Å²) in [7, 11) is -1.18. The summed E-state index contributed by atoms with van der Waals surface area (Å²) >= 11 is 0. The summed E-state index contributed by atoms with van der Waals surface area (Å²) in [6.07, 6.45) is -10.4. The van der Waals surface area contributed by atoms with E-state index in [4.69, 9.17) is 14.2 Å². The maximum Gasteiger partial charge on any atom is 1.00 e. The van der Waals surface area contributed by atoms with Gasteiger partial charge in [0.1, 0.15) is 34.1 Å². The summed E-state index contributed by atoms with van der Waals surface area (Å²) in [6, 6.07) is 4.48. The average molecular weight is 573 g/mol. The molecule has 2 aromatic rings. The van der Waals surface area contributed by atoms with Gasteiger partial charge in [-0.3, -0.25) is 4.79 Å². The smallest absolute Gasteiger partial charge is 0.488 e. The zero-order valence-corrected chi connectivity index (χ0v) is 24.8. The van der Waals surface area contributed by atoms with Crippen molar-refractivity contribution in [2.45, 2.75) is 91.5 Å². The topological polar surface area (TPSA) is 44.8 Å². The number of benzene rings is 2. The van der Waals surface area contributed by atoms with Gasteiger partial charge in [0.05, 0.1) is 16.4 Å². The molecule has 0 saturated carbocycles. The van der Waals surface area contributed by atoms with E-state index in [0.29, 0.717) is 23.9 Å². The van der Waals surface area contributed by atoms with E-state index in [1.807, 2.05) is 0 Å². The van der Waals surface area contributed by atoms with Crippen LogP contribution in [0, 0.1) is 0 Å². The van der Waals surface area contributed by atoms with Gasteiger partial charge in [0.25, 0.3) is 0 Å². The van der Waals surface area contributed by atoms with Crippen LogP contribution in [0.3, 0.4) is 0 Å². The van der Waals surface area contributed by atoms with Crippen LogP contribution in [0.1, 0.15) is 83.8 Å². The molecule has 0 aliphatic heterocycles. The van der Waals surface area contributed by atoms with Crippen LogP contribution in [0.25, 0.3) is 0 Å². The molecular weight excluding hydrogens is 540 g/mol. The van der Waals surface area contributed by atoms with Crippen molar-refractivity contribution in [1.82, 2.24) is 0 Å². The Morgan fingerprint density at radius 1 is 0.667 bits per heavy atom. The van der Waals surface area contributed by atoms with Gasteiger partial charge in [0, 0.05) is 17.7 Å². The van der Waals surface area contributed by atoms with Gasteiger partial charge in [-0.15, -0.1) is 0 Å². The Balaban J connectivity index is 0.00000760. The van der Waals surface area contributed by atoms with E-state index in [0.717, 1.165) is 0 Å². The van der Waals surface area contributed by atoms with Crippen molar-refractivity contribution in [2.75, 3.05) is 0 Å². The molecule has 0 bridgehead atoms. The second-order valence-corrected chi connectivity index (χ2v) is 12.8. The zero-order valence-electron chi connectivity index (χ0n) is 23.8. The third kappa shape index (κ3) is 10.6. The van der Waals surface area contributed by atoms with Gasteiger partial charge in [0.2, 0.25) is 0 Å². The minimum atomic E-state index is -5.18. The minimum absolute atomic E-state index is 0. The molecule has 12 heteroatoms. The fourth-order valence-corrected chi connectivity index (χ4v) is 4.48. The van der Waals surface area contributed by atoms with Gasteiger partial charge in [-0.1, -0.05) is 6.07 Å². The van der Waals surface area contributed by atoms with Crippen LogP contribution in [0.2, 0.25) is 0 Å². The van der Waals surface area contributed by atoms with Gasteiger partial charge in [-0.2, -0.15) is 26.3 Å². The minimum Gasteiger partial charge on any atom is -0.488 e. The molecular formula is C27H33F6LiO4P+. The summed E-state index contributed by atoms with van der Waals surface area (Å²) in [5.41, 5.74) is -8.42. The molecule has 4 nitrogen and oxygen atoms in total. The molecule has 212 valence electrons. The SMILES string of the molecule is CC(C)(C)Oc1cc(OC(C)(C)C)c(PC(=O)c2c(C(F)(F)F)cccc2C(F)(F)F)c(OC(C)(C)C)c1.[Li+]. The molecule has 0 radical (unpaired) electrons. The second-order valence-electron chi connectivity index (χ2n) is 11.6. The first-order chi connectivity index (χ1) is 16.9. The Bertz CT molecular complexity index is 1100. The van der Waals surface area contributed by atoms with Crippen LogP contribution in [0.5, 0.6) is 17.2 Å². The molecule has 0 aliphatic carbocycles. The molecule has 0 aliphatic rings. The molecule has 2 aromatic carbocycles. The van der Waals surface area contributed by atoms with Crippen molar-refractivity contribution in [2.24, 2.45) is 0 Å². The Hall–Kier alpha value is -1.88. The Kier molecular flexibility index (Phi) is 10.7. The van der Waals surface area contributed by atoms with Gasteiger partial charge >= 0.3 is 31.2 Å². The summed E-state index contributed by atoms with van der Waals surface area (Å²) < 4.78 is 100. The number of alkyl halides is 6. The van der Waals surface area contributed by atoms with Crippen molar-refractivity contribution in [3.8, 4) is 17.2 Å². The predicted molar refractivity (Wildman–Crippen MR) is 136 cm³/mol. The molecule has 2 rings (SSSR count). The predicted octanol–water partition coefficient (Wildman–Crippen LogP) is 5.40. The van der Waals surface area contributed by atoms with E-state index in [1.165, 1.54) is 12.1 Å². The quantitative estimate of drug-likeness (QED) is 0.264. The van der Waals surface area contributed by atoms with E-state index in [-0.39, 0.29) is 35.7 Å². The number of carbonyl (C=O) groups excluding carboxylic acids is 1. The third-order valence-corrected chi connectivity index (χ3v) is 5.66. The van der Waals surface area contributed by atoms with E-state index in [9.17, 15) is 31.1 Å². The summed E-state index contributed by atoms with van der Waals surface area (Å²) in [4.78, 5) is 13.4. The fraction of sp³-hybridized carbons (Fsp3) is 0.519. The van der Waals surface area contributed by atoms with Crippen LogP contribution in [-0.2, 0) is 12.4 Å². The Morgan fingerprint density at radius 3 is 1.33 bits per heavy atom. The van der Waals surface area contributed by atoms with E-state index in [1.54, 1.807) is 62.3 Å². The molecule has 0 saturated heterocycles. The van der Waals surface area contributed by atoms with Gasteiger partial charge in [-0.25, -0.2) is 0 Å². The van der Waals surface area contributed by atoms with Crippen molar-refractivity contribution in [1.29, 1.82) is 0 Å².